The van der Waals surface area contributed by atoms with Gasteiger partial charge in [0.15, 0.2) is 0 Å². The zero-order valence-electron chi connectivity index (χ0n) is 17.7. The molecule has 2 saturated heterocycles. The summed E-state index contributed by atoms with van der Waals surface area (Å²) < 4.78 is 40.4. The number of nitrogens with one attached hydrogen (secondary N) is 1. The minimum Gasteiger partial charge on any atom is -0.326 e. The van der Waals surface area contributed by atoms with Crippen molar-refractivity contribution in [2.75, 3.05) is 29.9 Å². The SMILES string of the molecule is O=C(Nc1ccc(S(=O)(=O)N2CCCCCC2)cc1)[C@@H]1CC(=O)N(c2ccc(F)cc2)C1. The maximum absolute atomic E-state index is 13.1. The lowest BCUT2D eigenvalue weighted by atomic mass is 10.1. The maximum Gasteiger partial charge on any atom is 0.243 e. The van der Waals surface area contributed by atoms with Crippen molar-refractivity contribution in [3.63, 3.8) is 0 Å². The largest absolute Gasteiger partial charge is 0.326 e. The first-order chi connectivity index (χ1) is 15.3. The van der Waals surface area contributed by atoms with Gasteiger partial charge in [-0.2, -0.15) is 4.31 Å². The van der Waals surface area contributed by atoms with Crippen LogP contribution in [0.4, 0.5) is 15.8 Å². The summed E-state index contributed by atoms with van der Waals surface area (Å²) >= 11 is 0. The summed E-state index contributed by atoms with van der Waals surface area (Å²) in [6.45, 7) is 1.26. The van der Waals surface area contributed by atoms with Crippen LogP contribution in [0.5, 0.6) is 0 Å². The van der Waals surface area contributed by atoms with Gasteiger partial charge in [0.2, 0.25) is 21.8 Å². The van der Waals surface area contributed by atoms with Gasteiger partial charge in [0.25, 0.3) is 0 Å². The number of hydrogen-bond donors (Lipinski definition) is 1. The number of rotatable bonds is 5. The number of nitrogens with zero attached hydrogens (tertiary/aromatic N) is 2. The Hall–Kier alpha value is -2.78. The van der Waals surface area contributed by atoms with E-state index in [1.54, 1.807) is 12.1 Å². The molecular formula is C23H26FN3O4S. The molecule has 0 radical (unpaired) electrons. The molecule has 0 bridgehead atoms. The van der Waals surface area contributed by atoms with Crippen molar-refractivity contribution in [2.24, 2.45) is 5.92 Å². The summed E-state index contributed by atoms with van der Waals surface area (Å²) in [5.41, 5.74) is 1.02. The van der Waals surface area contributed by atoms with Crippen LogP contribution in [-0.2, 0) is 19.6 Å². The van der Waals surface area contributed by atoms with Crippen molar-refractivity contribution in [3.8, 4) is 0 Å². The number of sulfonamides is 1. The first kappa shape index (κ1) is 22.4. The number of hydrogen-bond acceptors (Lipinski definition) is 4. The van der Waals surface area contributed by atoms with E-state index >= 15 is 0 Å². The molecule has 170 valence electrons. The fourth-order valence-electron chi connectivity index (χ4n) is 4.14. The molecule has 2 aliphatic heterocycles. The van der Waals surface area contributed by atoms with Crippen molar-refractivity contribution in [1.82, 2.24) is 4.31 Å². The van der Waals surface area contributed by atoms with E-state index in [1.807, 2.05) is 0 Å². The number of carbonyl (C=O) groups excluding carboxylic acids is 2. The second kappa shape index (κ2) is 9.38. The van der Waals surface area contributed by atoms with E-state index in [9.17, 15) is 22.4 Å². The third-order valence-electron chi connectivity index (χ3n) is 5.96. The number of halogens is 1. The van der Waals surface area contributed by atoms with Gasteiger partial charge in [-0.1, -0.05) is 12.8 Å². The van der Waals surface area contributed by atoms with Crippen LogP contribution < -0.4 is 10.2 Å². The zero-order chi connectivity index (χ0) is 22.7. The van der Waals surface area contributed by atoms with Gasteiger partial charge in [0, 0.05) is 37.4 Å². The standard InChI is InChI=1S/C23H26FN3O4S/c24-18-5-9-20(10-6-18)27-16-17(15-22(27)28)23(29)25-19-7-11-21(12-8-19)32(30,31)26-13-3-1-2-4-14-26/h5-12,17H,1-4,13-16H2,(H,25,29)/t17-/m1/s1. The van der Waals surface area contributed by atoms with E-state index in [4.69, 9.17) is 0 Å². The Morgan fingerprint density at radius 2 is 1.56 bits per heavy atom. The van der Waals surface area contributed by atoms with Gasteiger partial charge in [0.1, 0.15) is 5.82 Å². The number of benzene rings is 2. The predicted molar refractivity (Wildman–Crippen MR) is 119 cm³/mol. The highest BCUT2D eigenvalue weighted by molar-refractivity contribution is 7.89. The molecule has 7 nitrogen and oxygen atoms in total. The predicted octanol–water partition coefficient (Wildman–Crippen LogP) is 3.38. The highest BCUT2D eigenvalue weighted by Gasteiger charge is 2.35. The average molecular weight is 460 g/mol. The third-order valence-corrected chi connectivity index (χ3v) is 7.87. The van der Waals surface area contributed by atoms with Gasteiger partial charge >= 0.3 is 0 Å². The van der Waals surface area contributed by atoms with Crippen molar-refractivity contribution in [1.29, 1.82) is 0 Å². The molecule has 2 heterocycles. The van der Waals surface area contributed by atoms with Crippen LogP contribution in [0.3, 0.4) is 0 Å². The molecule has 2 fully saturated rings. The summed E-state index contributed by atoms with van der Waals surface area (Å²) in [7, 11) is -3.55. The second-order valence-corrected chi connectivity index (χ2v) is 10.2. The lowest BCUT2D eigenvalue weighted by molar-refractivity contribution is -0.122. The summed E-state index contributed by atoms with van der Waals surface area (Å²) in [4.78, 5) is 26.7. The van der Waals surface area contributed by atoms with Gasteiger partial charge in [-0.3, -0.25) is 9.59 Å². The van der Waals surface area contributed by atoms with Gasteiger partial charge < -0.3 is 10.2 Å². The van der Waals surface area contributed by atoms with E-state index in [-0.39, 0.29) is 29.7 Å². The van der Waals surface area contributed by atoms with Crippen LogP contribution in [0, 0.1) is 11.7 Å². The lowest BCUT2D eigenvalue weighted by Crippen LogP contribution is -2.32. The minimum atomic E-state index is -3.55. The van der Waals surface area contributed by atoms with E-state index in [1.165, 1.54) is 45.6 Å². The first-order valence-electron chi connectivity index (χ1n) is 10.8. The van der Waals surface area contributed by atoms with Crippen LogP contribution in [-0.4, -0.2) is 44.2 Å². The molecule has 0 spiro atoms. The zero-order valence-corrected chi connectivity index (χ0v) is 18.5. The smallest absolute Gasteiger partial charge is 0.243 e. The molecule has 1 N–H and O–H groups in total. The summed E-state index contributed by atoms with van der Waals surface area (Å²) in [6, 6.07) is 11.7. The van der Waals surface area contributed by atoms with Gasteiger partial charge in [-0.15, -0.1) is 0 Å². The highest BCUT2D eigenvalue weighted by atomic mass is 32.2. The lowest BCUT2D eigenvalue weighted by Gasteiger charge is -2.20. The van der Waals surface area contributed by atoms with Crippen LogP contribution in [0.25, 0.3) is 0 Å². The Kier molecular flexibility index (Phi) is 6.57. The molecule has 0 aliphatic carbocycles. The Morgan fingerprint density at radius 1 is 0.938 bits per heavy atom. The summed E-state index contributed by atoms with van der Waals surface area (Å²) in [6.07, 6.45) is 3.87. The molecule has 2 amide bonds. The molecular weight excluding hydrogens is 433 g/mol. The quantitative estimate of drug-likeness (QED) is 0.743. The molecule has 0 saturated carbocycles. The molecule has 32 heavy (non-hydrogen) atoms. The van der Waals surface area contributed by atoms with E-state index in [0.29, 0.717) is 24.5 Å². The van der Waals surface area contributed by atoms with Crippen molar-refractivity contribution in [2.45, 2.75) is 37.0 Å². The van der Waals surface area contributed by atoms with Crippen molar-refractivity contribution < 1.29 is 22.4 Å². The van der Waals surface area contributed by atoms with E-state index in [2.05, 4.69) is 5.32 Å². The molecule has 2 aromatic carbocycles. The highest BCUT2D eigenvalue weighted by Crippen LogP contribution is 2.27. The van der Waals surface area contributed by atoms with Gasteiger partial charge in [-0.05, 0) is 61.4 Å². The van der Waals surface area contributed by atoms with Crippen LogP contribution in [0.1, 0.15) is 32.1 Å². The van der Waals surface area contributed by atoms with Crippen molar-refractivity contribution >= 4 is 33.2 Å². The molecule has 1 atom stereocenters. The summed E-state index contributed by atoms with van der Waals surface area (Å²) in [5, 5.41) is 2.77. The van der Waals surface area contributed by atoms with E-state index in [0.717, 1.165) is 25.7 Å². The maximum atomic E-state index is 13.1. The molecule has 0 unspecified atom stereocenters. The normalized spacial score (nSPS) is 20.2. The first-order valence-corrected chi connectivity index (χ1v) is 12.3. The Morgan fingerprint density at radius 3 is 2.19 bits per heavy atom. The van der Waals surface area contributed by atoms with E-state index < -0.39 is 21.8 Å². The van der Waals surface area contributed by atoms with Crippen LogP contribution >= 0.6 is 0 Å². The molecule has 0 aromatic heterocycles. The number of carbonyl (C=O) groups is 2. The number of amides is 2. The fraction of sp³-hybridized carbons (Fsp3) is 0.391. The number of anilines is 2. The monoisotopic (exact) mass is 459 g/mol. The van der Waals surface area contributed by atoms with Gasteiger partial charge in [0.05, 0.1) is 10.8 Å². The summed E-state index contributed by atoms with van der Waals surface area (Å²) in [5.74, 6) is -1.45. The fourth-order valence-corrected chi connectivity index (χ4v) is 5.66. The van der Waals surface area contributed by atoms with Crippen LogP contribution in [0.15, 0.2) is 53.4 Å². The molecule has 9 heteroatoms. The molecule has 2 aromatic rings. The molecule has 2 aliphatic rings. The Balaban J connectivity index is 1.39. The third kappa shape index (κ3) is 4.83. The van der Waals surface area contributed by atoms with Crippen molar-refractivity contribution in [3.05, 3.63) is 54.3 Å². The Bertz CT molecular complexity index is 1080. The molecule has 4 rings (SSSR count). The Labute approximate surface area is 187 Å². The average Bonchev–Trinajstić information content (AvgIpc) is 2.98. The van der Waals surface area contributed by atoms with Crippen LogP contribution in [0.2, 0.25) is 0 Å². The second-order valence-electron chi connectivity index (χ2n) is 8.21. The van der Waals surface area contributed by atoms with Gasteiger partial charge in [-0.25, -0.2) is 12.8 Å². The minimum absolute atomic E-state index is 0.0602. The topological polar surface area (TPSA) is 86.8 Å².